The summed E-state index contributed by atoms with van der Waals surface area (Å²) in [5.74, 6) is 0.245. The summed E-state index contributed by atoms with van der Waals surface area (Å²) in [5.41, 5.74) is 2.83. The fourth-order valence-electron chi connectivity index (χ4n) is 1.46. The third kappa shape index (κ3) is 6.75. The van der Waals surface area contributed by atoms with E-state index in [9.17, 15) is 4.79 Å². The summed E-state index contributed by atoms with van der Waals surface area (Å²) in [6, 6.07) is 14.7. The molecule has 114 valence electrons. The molecule has 0 aromatic heterocycles. The van der Waals surface area contributed by atoms with Crippen LogP contribution in [-0.2, 0) is 0 Å². The second-order valence-electron chi connectivity index (χ2n) is 4.07. The van der Waals surface area contributed by atoms with E-state index < -0.39 is 0 Å². The van der Waals surface area contributed by atoms with Crippen LogP contribution in [0.2, 0.25) is 0 Å². The zero-order valence-electron chi connectivity index (χ0n) is 13.9. The van der Waals surface area contributed by atoms with Crippen molar-refractivity contribution in [1.82, 2.24) is 0 Å². The number of rotatable bonds is 2. The van der Waals surface area contributed by atoms with E-state index >= 15 is 0 Å². The van der Waals surface area contributed by atoms with Crippen molar-refractivity contribution in [3.8, 4) is 5.75 Å². The second kappa shape index (κ2) is 10.7. The van der Waals surface area contributed by atoms with E-state index in [2.05, 4.69) is 0 Å². The molecular weight excluding hydrogens is 260 g/mol. The van der Waals surface area contributed by atoms with Crippen LogP contribution < -0.4 is 4.74 Å². The third-order valence-electron chi connectivity index (χ3n) is 2.52. The third-order valence-corrected chi connectivity index (χ3v) is 2.52. The first-order chi connectivity index (χ1) is 10.1. The van der Waals surface area contributed by atoms with E-state index in [1.165, 1.54) is 0 Å². The van der Waals surface area contributed by atoms with Crippen LogP contribution >= 0.6 is 0 Å². The number of benzene rings is 2. The molecule has 0 saturated heterocycles. The maximum absolute atomic E-state index is 11.8. The Morgan fingerprint density at radius 2 is 1.10 bits per heavy atom. The molecule has 0 unspecified atom stereocenters. The van der Waals surface area contributed by atoms with Gasteiger partial charge in [0.1, 0.15) is 5.75 Å². The van der Waals surface area contributed by atoms with Crippen LogP contribution in [0.5, 0.6) is 5.75 Å². The molecule has 0 aliphatic carbocycles. The van der Waals surface area contributed by atoms with E-state index in [1.807, 2.05) is 65.8 Å². The molecule has 2 aromatic rings. The summed E-state index contributed by atoms with van der Waals surface area (Å²) in [7, 11) is 0. The van der Waals surface area contributed by atoms with Crippen molar-refractivity contribution in [2.75, 3.05) is 0 Å². The van der Waals surface area contributed by atoms with Crippen LogP contribution in [0.15, 0.2) is 48.5 Å². The van der Waals surface area contributed by atoms with Crippen molar-refractivity contribution in [1.29, 1.82) is 0 Å². The van der Waals surface area contributed by atoms with Crippen LogP contribution in [0, 0.1) is 13.8 Å². The topological polar surface area (TPSA) is 26.3 Å². The minimum atomic E-state index is -0.325. The minimum Gasteiger partial charge on any atom is -0.423 e. The van der Waals surface area contributed by atoms with E-state index in [1.54, 1.807) is 24.3 Å². The Hall–Kier alpha value is -2.09. The molecule has 21 heavy (non-hydrogen) atoms. The van der Waals surface area contributed by atoms with Crippen molar-refractivity contribution in [2.24, 2.45) is 0 Å². The van der Waals surface area contributed by atoms with Crippen LogP contribution in [0.3, 0.4) is 0 Å². The largest absolute Gasteiger partial charge is 0.423 e. The molecule has 0 heterocycles. The molecule has 0 atom stereocenters. The van der Waals surface area contributed by atoms with Crippen molar-refractivity contribution in [3.63, 3.8) is 0 Å². The molecule has 0 N–H and O–H groups in total. The van der Waals surface area contributed by atoms with Gasteiger partial charge >= 0.3 is 5.97 Å². The smallest absolute Gasteiger partial charge is 0.343 e. The van der Waals surface area contributed by atoms with Gasteiger partial charge in [-0.3, -0.25) is 0 Å². The highest BCUT2D eigenvalue weighted by Crippen LogP contribution is 2.14. The van der Waals surface area contributed by atoms with Gasteiger partial charge in [-0.1, -0.05) is 63.1 Å². The van der Waals surface area contributed by atoms with Crippen molar-refractivity contribution in [3.05, 3.63) is 65.2 Å². The van der Waals surface area contributed by atoms with Gasteiger partial charge in [-0.25, -0.2) is 4.79 Å². The molecule has 0 saturated carbocycles. The molecule has 0 radical (unpaired) electrons. The van der Waals surface area contributed by atoms with Gasteiger partial charge in [-0.15, -0.1) is 0 Å². The molecule has 2 heteroatoms. The Labute approximate surface area is 128 Å². The van der Waals surface area contributed by atoms with Crippen LogP contribution in [0.1, 0.15) is 49.2 Å². The Morgan fingerprint density at radius 3 is 1.52 bits per heavy atom. The Bertz CT molecular complexity index is 510. The highest BCUT2D eigenvalue weighted by molar-refractivity contribution is 5.91. The quantitative estimate of drug-likeness (QED) is 0.532. The highest BCUT2D eigenvalue weighted by Gasteiger charge is 2.07. The summed E-state index contributed by atoms with van der Waals surface area (Å²) in [6.45, 7) is 12.0. The Morgan fingerprint density at radius 1 is 0.714 bits per heavy atom. The molecule has 0 amide bonds. The number of aryl methyl sites for hydroxylation is 2. The van der Waals surface area contributed by atoms with Crippen molar-refractivity contribution in [2.45, 2.75) is 41.5 Å². The molecule has 0 bridgehead atoms. The SMILES string of the molecule is CC.CC.Cc1ccc(OC(=O)c2ccc(C)cc2)cc1. The lowest BCUT2D eigenvalue weighted by atomic mass is 10.1. The van der Waals surface area contributed by atoms with Gasteiger partial charge in [0, 0.05) is 0 Å². The van der Waals surface area contributed by atoms with Gasteiger partial charge in [0.05, 0.1) is 5.56 Å². The van der Waals surface area contributed by atoms with Gasteiger partial charge in [0.15, 0.2) is 0 Å². The number of hydrogen-bond donors (Lipinski definition) is 0. The predicted molar refractivity (Wildman–Crippen MR) is 90.0 cm³/mol. The first kappa shape index (κ1) is 18.9. The molecule has 0 aliphatic rings. The van der Waals surface area contributed by atoms with Crippen LogP contribution in [0.25, 0.3) is 0 Å². The summed E-state index contributed by atoms with van der Waals surface area (Å²) >= 11 is 0. The van der Waals surface area contributed by atoms with Gasteiger partial charge in [-0.2, -0.15) is 0 Å². The van der Waals surface area contributed by atoms with Gasteiger partial charge in [0.2, 0.25) is 0 Å². The van der Waals surface area contributed by atoms with Crippen LogP contribution in [0.4, 0.5) is 0 Å². The first-order valence-corrected chi connectivity index (χ1v) is 7.51. The fourth-order valence-corrected chi connectivity index (χ4v) is 1.46. The van der Waals surface area contributed by atoms with E-state index in [-0.39, 0.29) is 5.97 Å². The molecule has 2 aromatic carbocycles. The Kier molecular flexibility index (Phi) is 9.61. The zero-order valence-corrected chi connectivity index (χ0v) is 13.9. The number of carbonyl (C=O) groups excluding carboxylic acids is 1. The maximum Gasteiger partial charge on any atom is 0.343 e. The zero-order chi connectivity index (χ0) is 16.3. The van der Waals surface area contributed by atoms with E-state index in [0.29, 0.717) is 11.3 Å². The number of hydrogen-bond acceptors (Lipinski definition) is 2. The summed E-state index contributed by atoms with van der Waals surface area (Å²) in [5, 5.41) is 0. The molecule has 0 fully saturated rings. The van der Waals surface area contributed by atoms with Crippen molar-refractivity contribution >= 4 is 5.97 Å². The lowest BCUT2D eigenvalue weighted by Gasteiger charge is -2.04. The molecule has 0 aliphatic heterocycles. The number of esters is 1. The van der Waals surface area contributed by atoms with E-state index in [0.717, 1.165) is 11.1 Å². The van der Waals surface area contributed by atoms with Gasteiger partial charge in [-0.05, 0) is 38.1 Å². The summed E-state index contributed by atoms with van der Waals surface area (Å²) < 4.78 is 5.26. The lowest BCUT2D eigenvalue weighted by molar-refractivity contribution is 0.0734. The van der Waals surface area contributed by atoms with E-state index in [4.69, 9.17) is 4.74 Å². The number of ether oxygens (including phenoxy) is 1. The van der Waals surface area contributed by atoms with Crippen LogP contribution in [-0.4, -0.2) is 5.97 Å². The predicted octanol–water partition coefficient (Wildman–Crippen LogP) is 5.58. The standard InChI is InChI=1S/C15H14O2.2C2H6/c1-11-3-7-13(8-4-11)15(16)17-14-9-5-12(2)6-10-14;2*1-2/h3-10H,1-2H3;2*1-2H3. The normalized spacial score (nSPS) is 8.67. The average molecular weight is 286 g/mol. The Balaban J connectivity index is 0.000000921. The highest BCUT2D eigenvalue weighted by atomic mass is 16.5. The minimum absolute atomic E-state index is 0.325. The molecule has 0 spiro atoms. The lowest BCUT2D eigenvalue weighted by Crippen LogP contribution is -2.08. The second-order valence-corrected chi connectivity index (χ2v) is 4.07. The molecule has 2 nitrogen and oxygen atoms in total. The fraction of sp³-hybridized carbons (Fsp3) is 0.316. The van der Waals surface area contributed by atoms with Crippen molar-refractivity contribution < 1.29 is 9.53 Å². The monoisotopic (exact) mass is 286 g/mol. The first-order valence-electron chi connectivity index (χ1n) is 7.51. The summed E-state index contributed by atoms with van der Waals surface area (Å²) in [6.07, 6.45) is 0. The maximum atomic E-state index is 11.8. The van der Waals surface area contributed by atoms with Gasteiger partial charge in [0.25, 0.3) is 0 Å². The summed E-state index contributed by atoms with van der Waals surface area (Å²) in [4.78, 5) is 11.8. The molecule has 2 rings (SSSR count). The number of carbonyl (C=O) groups is 1. The van der Waals surface area contributed by atoms with Gasteiger partial charge < -0.3 is 4.74 Å². The average Bonchev–Trinajstić information content (AvgIpc) is 2.54. The molecular formula is C19H26O2.